The van der Waals surface area contributed by atoms with Gasteiger partial charge >= 0.3 is 0 Å². The molecule has 1 amide bonds. The van der Waals surface area contributed by atoms with Crippen LogP contribution in [0.1, 0.15) is 27.8 Å². The fourth-order valence-corrected chi connectivity index (χ4v) is 2.95. The molecule has 0 aliphatic heterocycles. The van der Waals surface area contributed by atoms with Crippen LogP contribution in [0.5, 0.6) is 0 Å². The highest BCUT2D eigenvalue weighted by molar-refractivity contribution is 5.91. The Morgan fingerprint density at radius 1 is 1.09 bits per heavy atom. The Morgan fingerprint density at radius 2 is 1.83 bits per heavy atom. The van der Waals surface area contributed by atoms with Gasteiger partial charge in [0.2, 0.25) is 5.91 Å². The van der Waals surface area contributed by atoms with Gasteiger partial charge in [0.1, 0.15) is 5.58 Å². The molecule has 1 heterocycles. The van der Waals surface area contributed by atoms with E-state index in [4.69, 9.17) is 4.42 Å². The van der Waals surface area contributed by atoms with Crippen molar-refractivity contribution in [2.75, 3.05) is 0 Å². The van der Waals surface area contributed by atoms with Crippen LogP contribution in [0.2, 0.25) is 0 Å². The maximum atomic E-state index is 12.2. The summed E-state index contributed by atoms with van der Waals surface area (Å²) in [6.07, 6.45) is 2.05. The molecule has 1 aromatic heterocycles. The Labute approximate surface area is 136 Å². The highest BCUT2D eigenvalue weighted by atomic mass is 16.3. The van der Waals surface area contributed by atoms with Crippen molar-refractivity contribution in [3.8, 4) is 0 Å². The van der Waals surface area contributed by atoms with Gasteiger partial charge in [0, 0.05) is 17.5 Å². The van der Waals surface area contributed by atoms with Gasteiger partial charge in [0.25, 0.3) is 0 Å². The van der Waals surface area contributed by atoms with Crippen LogP contribution in [-0.4, -0.2) is 5.91 Å². The second-order valence-electron chi connectivity index (χ2n) is 6.04. The first-order valence-corrected chi connectivity index (χ1v) is 7.83. The van der Waals surface area contributed by atoms with Crippen molar-refractivity contribution in [2.24, 2.45) is 0 Å². The van der Waals surface area contributed by atoms with Crippen molar-refractivity contribution in [2.45, 2.75) is 33.7 Å². The Hall–Kier alpha value is -2.55. The lowest BCUT2D eigenvalue weighted by Gasteiger charge is -2.07. The minimum atomic E-state index is 0.00850. The standard InChI is InChI=1S/C20H21NO2/c1-13-9-14(2)19-17(12-23-20(19)15(13)3)10-18(22)21-11-16-7-5-4-6-8-16/h4-9,12H,10-11H2,1-3H3,(H,21,22). The van der Waals surface area contributed by atoms with Gasteiger partial charge in [0.05, 0.1) is 12.7 Å². The highest BCUT2D eigenvalue weighted by Gasteiger charge is 2.15. The Bertz CT molecular complexity index is 847. The summed E-state index contributed by atoms with van der Waals surface area (Å²) in [5.74, 6) is 0.00850. The van der Waals surface area contributed by atoms with Crippen molar-refractivity contribution >= 4 is 16.9 Å². The van der Waals surface area contributed by atoms with Gasteiger partial charge in [-0.3, -0.25) is 4.79 Å². The molecule has 0 bridgehead atoms. The zero-order chi connectivity index (χ0) is 16.4. The van der Waals surface area contributed by atoms with E-state index in [1.54, 1.807) is 6.26 Å². The van der Waals surface area contributed by atoms with Crippen molar-refractivity contribution < 1.29 is 9.21 Å². The summed E-state index contributed by atoms with van der Waals surface area (Å²) >= 11 is 0. The normalized spacial score (nSPS) is 10.9. The predicted molar refractivity (Wildman–Crippen MR) is 92.4 cm³/mol. The highest BCUT2D eigenvalue weighted by Crippen LogP contribution is 2.30. The van der Waals surface area contributed by atoms with E-state index < -0.39 is 0 Å². The van der Waals surface area contributed by atoms with Crippen LogP contribution >= 0.6 is 0 Å². The van der Waals surface area contributed by atoms with E-state index in [0.29, 0.717) is 13.0 Å². The summed E-state index contributed by atoms with van der Waals surface area (Å²) < 4.78 is 5.73. The van der Waals surface area contributed by atoms with E-state index in [2.05, 4.69) is 32.2 Å². The molecule has 0 fully saturated rings. The molecule has 3 nitrogen and oxygen atoms in total. The lowest BCUT2D eigenvalue weighted by atomic mass is 9.99. The third kappa shape index (κ3) is 3.14. The van der Waals surface area contributed by atoms with Crippen molar-refractivity contribution in [3.63, 3.8) is 0 Å². The fraction of sp³-hybridized carbons (Fsp3) is 0.250. The molecule has 0 aliphatic rings. The molecule has 118 valence electrons. The zero-order valence-corrected chi connectivity index (χ0v) is 13.8. The van der Waals surface area contributed by atoms with Crippen LogP contribution in [0.25, 0.3) is 11.0 Å². The lowest BCUT2D eigenvalue weighted by Crippen LogP contribution is -2.24. The Kier molecular flexibility index (Phi) is 4.20. The molecule has 3 rings (SSSR count). The molecule has 0 atom stereocenters. The third-order valence-corrected chi connectivity index (χ3v) is 4.31. The topological polar surface area (TPSA) is 42.2 Å². The molecule has 0 saturated carbocycles. The molecular formula is C20H21NO2. The first-order chi connectivity index (χ1) is 11.1. The maximum Gasteiger partial charge on any atom is 0.224 e. The Balaban J connectivity index is 1.77. The van der Waals surface area contributed by atoms with Gasteiger partial charge < -0.3 is 9.73 Å². The number of carbonyl (C=O) groups is 1. The molecule has 2 aromatic carbocycles. The van der Waals surface area contributed by atoms with Crippen LogP contribution in [0.4, 0.5) is 0 Å². The first kappa shape index (κ1) is 15.3. The first-order valence-electron chi connectivity index (χ1n) is 7.83. The van der Waals surface area contributed by atoms with Gasteiger partial charge in [0.15, 0.2) is 0 Å². The third-order valence-electron chi connectivity index (χ3n) is 4.31. The van der Waals surface area contributed by atoms with Gasteiger partial charge in [-0.1, -0.05) is 36.4 Å². The monoisotopic (exact) mass is 307 g/mol. The quantitative estimate of drug-likeness (QED) is 0.784. The molecule has 1 N–H and O–H groups in total. The summed E-state index contributed by atoms with van der Waals surface area (Å²) in [6, 6.07) is 12.1. The maximum absolute atomic E-state index is 12.2. The number of hydrogen-bond donors (Lipinski definition) is 1. The second kappa shape index (κ2) is 6.29. The molecule has 0 radical (unpaired) electrons. The summed E-state index contributed by atoms with van der Waals surface area (Å²) in [4.78, 5) is 12.2. The van der Waals surface area contributed by atoms with Crippen LogP contribution in [-0.2, 0) is 17.8 Å². The average molecular weight is 307 g/mol. The molecule has 0 aliphatic carbocycles. The molecule has 0 spiro atoms. The zero-order valence-electron chi connectivity index (χ0n) is 13.8. The van der Waals surface area contributed by atoms with Crippen LogP contribution < -0.4 is 5.32 Å². The molecule has 0 saturated heterocycles. The van der Waals surface area contributed by atoms with Crippen molar-refractivity contribution in [1.29, 1.82) is 0 Å². The fourth-order valence-electron chi connectivity index (χ4n) is 2.95. The predicted octanol–water partition coefficient (Wildman–Crippen LogP) is 4.22. The van der Waals surface area contributed by atoms with E-state index in [0.717, 1.165) is 33.2 Å². The van der Waals surface area contributed by atoms with Crippen LogP contribution in [0.15, 0.2) is 47.1 Å². The summed E-state index contributed by atoms with van der Waals surface area (Å²) in [5.41, 5.74) is 6.45. The van der Waals surface area contributed by atoms with Gasteiger partial charge in [-0.2, -0.15) is 0 Å². The lowest BCUT2D eigenvalue weighted by molar-refractivity contribution is -0.120. The van der Waals surface area contributed by atoms with E-state index >= 15 is 0 Å². The molecule has 3 heteroatoms. The summed E-state index contributed by atoms with van der Waals surface area (Å²) in [7, 11) is 0. The van der Waals surface area contributed by atoms with Crippen LogP contribution in [0, 0.1) is 20.8 Å². The summed E-state index contributed by atoms with van der Waals surface area (Å²) in [5, 5.41) is 4.04. The van der Waals surface area contributed by atoms with E-state index in [9.17, 15) is 4.79 Å². The van der Waals surface area contributed by atoms with E-state index in [1.165, 1.54) is 5.56 Å². The molecule has 0 unspecified atom stereocenters. The number of amides is 1. The van der Waals surface area contributed by atoms with E-state index in [-0.39, 0.29) is 5.91 Å². The van der Waals surface area contributed by atoms with Gasteiger partial charge in [-0.15, -0.1) is 0 Å². The number of hydrogen-bond acceptors (Lipinski definition) is 2. The second-order valence-corrected chi connectivity index (χ2v) is 6.04. The largest absolute Gasteiger partial charge is 0.464 e. The van der Waals surface area contributed by atoms with E-state index in [1.807, 2.05) is 30.3 Å². The number of benzene rings is 2. The minimum Gasteiger partial charge on any atom is -0.464 e. The van der Waals surface area contributed by atoms with Gasteiger partial charge in [-0.25, -0.2) is 0 Å². The van der Waals surface area contributed by atoms with Crippen molar-refractivity contribution in [1.82, 2.24) is 5.32 Å². The number of carbonyl (C=O) groups excluding carboxylic acids is 1. The number of fused-ring (bicyclic) bond motifs is 1. The molecule has 3 aromatic rings. The molecule has 23 heavy (non-hydrogen) atoms. The molecular weight excluding hydrogens is 286 g/mol. The number of rotatable bonds is 4. The number of aryl methyl sites for hydroxylation is 3. The van der Waals surface area contributed by atoms with Crippen molar-refractivity contribution in [3.05, 3.63) is 70.5 Å². The Morgan fingerprint density at radius 3 is 2.57 bits per heavy atom. The summed E-state index contributed by atoms with van der Waals surface area (Å²) in [6.45, 7) is 6.75. The SMILES string of the molecule is Cc1cc(C)c2c(CC(=O)NCc3ccccc3)coc2c1C. The smallest absolute Gasteiger partial charge is 0.224 e. The number of furan rings is 1. The minimum absolute atomic E-state index is 0.00850. The number of nitrogens with one attached hydrogen (secondary N) is 1. The van der Waals surface area contributed by atoms with Gasteiger partial charge in [-0.05, 0) is 43.0 Å². The average Bonchev–Trinajstić information content (AvgIpc) is 2.96. The van der Waals surface area contributed by atoms with Crippen LogP contribution in [0.3, 0.4) is 0 Å².